The molecule has 0 aromatic rings. The van der Waals surface area contributed by atoms with Crippen LogP contribution in [0.1, 0.15) is 0 Å². The Hall–Kier alpha value is -0.760. The number of hydrogen-bond acceptors (Lipinski definition) is 1. The first-order valence-corrected chi connectivity index (χ1v) is 7.12. The molecule has 0 aliphatic rings. The van der Waals surface area contributed by atoms with E-state index >= 15 is 0 Å². The Labute approximate surface area is 128 Å². The van der Waals surface area contributed by atoms with Crippen molar-refractivity contribution in [1.29, 1.82) is 0 Å². The second-order valence-corrected chi connectivity index (χ2v) is 6.13. The van der Waals surface area contributed by atoms with Crippen molar-refractivity contribution >= 4 is 7.60 Å². The van der Waals surface area contributed by atoms with E-state index in [0.717, 1.165) is 0 Å². The molecule has 0 rings (SSSR count). The number of halogens is 13. The van der Waals surface area contributed by atoms with Gasteiger partial charge in [0.2, 0.25) is 6.17 Å². The van der Waals surface area contributed by atoms with E-state index in [1.165, 1.54) is 0 Å². The van der Waals surface area contributed by atoms with Gasteiger partial charge >= 0.3 is 31.3 Å². The standard InChI is InChI=1S/C8H6F13O3P/c9-1(3(11)12)2(10)5(14,15)7(18,19)8(20,21)6(16,17)4(13)25(22,23)24/h1-4H,(H2,22,23,24). The SMILES string of the molecule is O=P(O)(O)C(F)C(F)(F)C(F)(F)C(F)(F)C(F)(F)C(F)C(F)C(F)F. The lowest BCUT2D eigenvalue weighted by molar-refractivity contribution is -0.383. The fourth-order valence-electron chi connectivity index (χ4n) is 1.28. The van der Waals surface area contributed by atoms with E-state index in [1.54, 1.807) is 0 Å². The molecule has 0 aromatic carbocycles. The summed E-state index contributed by atoms with van der Waals surface area (Å²) in [5.41, 5.74) is 0. The van der Waals surface area contributed by atoms with Crippen LogP contribution in [0.5, 0.6) is 0 Å². The Kier molecular flexibility index (Phi) is 6.55. The van der Waals surface area contributed by atoms with Gasteiger partial charge in [0.05, 0.1) is 0 Å². The molecule has 17 heteroatoms. The molecule has 0 aliphatic carbocycles. The molecule has 0 aromatic heterocycles. The summed E-state index contributed by atoms with van der Waals surface area (Å²) in [4.78, 5) is 16.0. The zero-order valence-corrected chi connectivity index (χ0v) is 11.9. The van der Waals surface area contributed by atoms with Crippen LogP contribution in [-0.4, -0.2) is 58.2 Å². The smallest absolute Gasteiger partial charge is 0.322 e. The lowest BCUT2D eigenvalue weighted by Crippen LogP contribution is -2.68. The van der Waals surface area contributed by atoms with Crippen molar-refractivity contribution in [2.75, 3.05) is 0 Å². The van der Waals surface area contributed by atoms with E-state index in [-0.39, 0.29) is 0 Å². The summed E-state index contributed by atoms with van der Waals surface area (Å²) in [7, 11) is -6.92. The van der Waals surface area contributed by atoms with Crippen molar-refractivity contribution in [2.24, 2.45) is 0 Å². The number of rotatable bonds is 8. The average Bonchev–Trinajstić information content (AvgIpc) is 2.42. The zero-order chi connectivity index (χ0) is 20.8. The fraction of sp³-hybridized carbons (Fsp3) is 1.00. The van der Waals surface area contributed by atoms with Crippen LogP contribution >= 0.6 is 7.60 Å². The summed E-state index contributed by atoms with van der Waals surface area (Å²) in [6.07, 6.45) is -15.0. The Bertz CT molecular complexity index is 517. The first kappa shape index (κ1) is 24.2. The van der Waals surface area contributed by atoms with E-state index < -0.39 is 56.0 Å². The molecule has 0 bridgehead atoms. The van der Waals surface area contributed by atoms with Gasteiger partial charge in [-0.25, -0.2) is 22.0 Å². The van der Waals surface area contributed by atoms with Crippen molar-refractivity contribution < 1.29 is 71.4 Å². The molecule has 25 heavy (non-hydrogen) atoms. The molecule has 0 radical (unpaired) electrons. The van der Waals surface area contributed by atoms with Crippen LogP contribution in [0.3, 0.4) is 0 Å². The van der Waals surface area contributed by atoms with Crippen LogP contribution in [0.2, 0.25) is 0 Å². The van der Waals surface area contributed by atoms with Gasteiger partial charge in [-0.15, -0.1) is 0 Å². The van der Waals surface area contributed by atoms with Gasteiger partial charge < -0.3 is 9.79 Å². The largest absolute Gasteiger partial charge is 0.382 e. The normalized spacial score (nSPS) is 19.0. The van der Waals surface area contributed by atoms with Crippen LogP contribution in [-0.2, 0) is 4.57 Å². The van der Waals surface area contributed by atoms with E-state index in [1.807, 2.05) is 0 Å². The van der Waals surface area contributed by atoms with Gasteiger partial charge in [0, 0.05) is 0 Å². The third-order valence-corrected chi connectivity index (χ3v) is 3.61. The highest BCUT2D eigenvalue weighted by Gasteiger charge is 2.85. The summed E-state index contributed by atoms with van der Waals surface area (Å²) in [5.74, 6) is -35.4. The molecule has 0 spiro atoms. The summed E-state index contributed by atoms with van der Waals surface area (Å²) in [6.45, 7) is 0. The summed E-state index contributed by atoms with van der Waals surface area (Å²) in [6, 6.07) is 0. The minimum atomic E-state index is -7.73. The minimum absolute atomic E-state index is 4.75. The Morgan fingerprint density at radius 1 is 0.680 bits per heavy atom. The van der Waals surface area contributed by atoms with E-state index in [0.29, 0.717) is 0 Å². The molecule has 0 fully saturated rings. The molecule has 0 heterocycles. The van der Waals surface area contributed by atoms with Crippen LogP contribution in [0, 0.1) is 0 Å². The predicted octanol–water partition coefficient (Wildman–Crippen LogP) is 3.94. The van der Waals surface area contributed by atoms with Crippen LogP contribution in [0.25, 0.3) is 0 Å². The van der Waals surface area contributed by atoms with Gasteiger partial charge in [0.15, 0.2) is 6.17 Å². The summed E-state index contributed by atoms with van der Waals surface area (Å²) >= 11 is 0. The highest BCUT2D eigenvalue weighted by Crippen LogP contribution is 2.61. The van der Waals surface area contributed by atoms with Gasteiger partial charge in [-0.2, -0.15) is 35.1 Å². The molecule has 3 unspecified atom stereocenters. The second kappa shape index (κ2) is 6.76. The second-order valence-electron chi connectivity index (χ2n) is 4.50. The molecule has 0 amide bonds. The lowest BCUT2D eigenvalue weighted by atomic mass is 9.94. The lowest BCUT2D eigenvalue weighted by Gasteiger charge is -2.39. The maximum Gasteiger partial charge on any atom is 0.382 e. The highest BCUT2D eigenvalue weighted by molar-refractivity contribution is 7.52. The van der Waals surface area contributed by atoms with Crippen LogP contribution in [0.15, 0.2) is 0 Å². The molecular formula is C8H6F13O3P. The predicted molar refractivity (Wildman–Crippen MR) is 52.5 cm³/mol. The van der Waals surface area contributed by atoms with Crippen molar-refractivity contribution in [1.82, 2.24) is 0 Å². The van der Waals surface area contributed by atoms with Gasteiger partial charge in [-0.1, -0.05) is 0 Å². The first-order chi connectivity index (χ1) is 10.7. The summed E-state index contributed by atoms with van der Waals surface area (Å²) in [5, 5.41) is 0. The molecule has 3 atom stereocenters. The van der Waals surface area contributed by atoms with Crippen LogP contribution < -0.4 is 0 Å². The number of hydrogen-bond donors (Lipinski definition) is 2. The molecule has 3 nitrogen and oxygen atoms in total. The molecule has 2 N–H and O–H groups in total. The van der Waals surface area contributed by atoms with E-state index in [2.05, 4.69) is 0 Å². The average molecular weight is 428 g/mol. The third kappa shape index (κ3) is 3.84. The maximum absolute atomic E-state index is 13.0. The van der Waals surface area contributed by atoms with E-state index in [4.69, 9.17) is 9.79 Å². The third-order valence-electron chi connectivity index (χ3n) is 2.69. The monoisotopic (exact) mass is 428 g/mol. The Balaban J connectivity index is 6.15. The van der Waals surface area contributed by atoms with Gasteiger partial charge in [0.1, 0.15) is 0 Å². The van der Waals surface area contributed by atoms with Crippen molar-refractivity contribution in [2.45, 2.75) is 48.4 Å². The highest BCUT2D eigenvalue weighted by atomic mass is 31.2. The van der Waals surface area contributed by atoms with Gasteiger partial charge in [0.25, 0.3) is 12.3 Å². The Morgan fingerprint density at radius 2 is 1.00 bits per heavy atom. The quantitative estimate of drug-likeness (QED) is 0.455. The van der Waals surface area contributed by atoms with Crippen molar-refractivity contribution in [3.05, 3.63) is 0 Å². The Morgan fingerprint density at radius 3 is 1.28 bits per heavy atom. The molecule has 0 saturated heterocycles. The topological polar surface area (TPSA) is 57.5 Å². The van der Waals surface area contributed by atoms with Gasteiger partial charge in [-0.05, 0) is 0 Å². The summed E-state index contributed by atoms with van der Waals surface area (Å²) < 4.78 is 176. The maximum atomic E-state index is 13.0. The van der Waals surface area contributed by atoms with E-state index in [9.17, 15) is 61.6 Å². The molecule has 0 saturated carbocycles. The fourth-order valence-corrected chi connectivity index (χ4v) is 1.86. The first-order valence-electron chi connectivity index (χ1n) is 5.44. The molecule has 0 aliphatic heterocycles. The zero-order valence-electron chi connectivity index (χ0n) is 11.0. The van der Waals surface area contributed by atoms with Crippen LogP contribution in [0.4, 0.5) is 57.1 Å². The van der Waals surface area contributed by atoms with Crippen molar-refractivity contribution in [3.8, 4) is 0 Å². The van der Waals surface area contributed by atoms with Gasteiger partial charge in [-0.3, -0.25) is 4.57 Å². The van der Waals surface area contributed by atoms with Crippen molar-refractivity contribution in [3.63, 3.8) is 0 Å². The molecule has 152 valence electrons. The number of alkyl halides is 13. The molecular weight excluding hydrogens is 422 g/mol. The minimum Gasteiger partial charge on any atom is -0.322 e.